The molecule has 1 heterocycles. The Morgan fingerprint density at radius 2 is 1.88 bits per heavy atom. The lowest BCUT2D eigenvalue weighted by atomic mass is 10.2. The van der Waals surface area contributed by atoms with E-state index in [1.54, 1.807) is 0 Å². The minimum Gasteiger partial charge on any atom is -0.339 e. The second-order valence-electron chi connectivity index (χ2n) is 4.85. The molecule has 4 nitrogen and oxygen atoms in total. The van der Waals surface area contributed by atoms with Crippen molar-refractivity contribution in [3.05, 3.63) is 0 Å². The molecule has 0 spiro atoms. The van der Waals surface area contributed by atoms with Gasteiger partial charge in [-0.25, -0.2) is 0 Å². The fraction of sp³-hybridized carbons (Fsp3) is 0.923. The third kappa shape index (κ3) is 4.64. The van der Waals surface area contributed by atoms with E-state index in [2.05, 4.69) is 31.0 Å². The second kappa shape index (κ2) is 7.67. The summed E-state index contributed by atoms with van der Waals surface area (Å²) in [5.41, 5.74) is 0. The number of carbonyl (C=O) groups excluding carboxylic acids is 1. The van der Waals surface area contributed by atoms with Crippen LogP contribution in [0.5, 0.6) is 0 Å². The average Bonchev–Trinajstić information content (AvgIpc) is 2.38. The summed E-state index contributed by atoms with van der Waals surface area (Å²) >= 11 is 0. The molecule has 1 unspecified atom stereocenters. The Balaban J connectivity index is 2.24. The molecule has 4 heteroatoms. The van der Waals surface area contributed by atoms with E-state index in [1.165, 1.54) is 6.42 Å². The maximum Gasteiger partial charge on any atom is 0.236 e. The van der Waals surface area contributed by atoms with Gasteiger partial charge < -0.3 is 10.2 Å². The molecule has 1 fully saturated rings. The Bertz CT molecular complexity index is 225. The second-order valence-corrected chi connectivity index (χ2v) is 4.85. The molecule has 1 atom stereocenters. The summed E-state index contributed by atoms with van der Waals surface area (Å²) in [6, 6.07) is 0.644. The summed E-state index contributed by atoms with van der Waals surface area (Å²) in [5.74, 6) is 0.252. The molecule has 1 aliphatic rings. The quantitative estimate of drug-likeness (QED) is 0.703. The van der Waals surface area contributed by atoms with Crippen LogP contribution in [0, 0.1) is 0 Å². The van der Waals surface area contributed by atoms with Gasteiger partial charge in [0.1, 0.15) is 0 Å². The molecule has 0 aliphatic carbocycles. The highest BCUT2D eigenvalue weighted by Crippen LogP contribution is 2.08. The van der Waals surface area contributed by atoms with Crippen molar-refractivity contribution < 1.29 is 4.79 Å². The first kappa shape index (κ1) is 14.5. The van der Waals surface area contributed by atoms with Crippen molar-refractivity contribution in [1.29, 1.82) is 0 Å². The fourth-order valence-corrected chi connectivity index (χ4v) is 2.15. The summed E-state index contributed by atoms with van der Waals surface area (Å²) in [7, 11) is 0. The zero-order valence-corrected chi connectivity index (χ0v) is 11.5. The van der Waals surface area contributed by atoms with Crippen molar-refractivity contribution in [2.75, 3.05) is 39.3 Å². The highest BCUT2D eigenvalue weighted by Gasteiger charge is 2.22. The van der Waals surface area contributed by atoms with Crippen LogP contribution in [0.25, 0.3) is 0 Å². The molecule has 0 bridgehead atoms. The number of carbonyl (C=O) groups is 1. The SMILES string of the molecule is CCCNCC(=O)N1CCN(C(C)CC)CC1. The first-order valence-corrected chi connectivity index (χ1v) is 6.91. The summed E-state index contributed by atoms with van der Waals surface area (Å²) in [6.45, 7) is 11.8. The first-order valence-electron chi connectivity index (χ1n) is 6.91. The van der Waals surface area contributed by atoms with Crippen molar-refractivity contribution in [3.63, 3.8) is 0 Å². The number of hydrogen-bond acceptors (Lipinski definition) is 3. The van der Waals surface area contributed by atoms with Gasteiger partial charge in [-0.2, -0.15) is 0 Å². The lowest BCUT2D eigenvalue weighted by Crippen LogP contribution is -2.52. The fourth-order valence-electron chi connectivity index (χ4n) is 2.15. The highest BCUT2D eigenvalue weighted by atomic mass is 16.2. The van der Waals surface area contributed by atoms with Gasteiger partial charge in [0.2, 0.25) is 5.91 Å². The van der Waals surface area contributed by atoms with Crippen LogP contribution in [-0.2, 0) is 4.79 Å². The van der Waals surface area contributed by atoms with Crippen LogP contribution in [0.4, 0.5) is 0 Å². The minimum absolute atomic E-state index is 0.252. The van der Waals surface area contributed by atoms with E-state index >= 15 is 0 Å². The zero-order chi connectivity index (χ0) is 12.7. The standard InChI is InChI=1S/C13H27N3O/c1-4-6-14-11-13(17)16-9-7-15(8-10-16)12(3)5-2/h12,14H,4-11H2,1-3H3. The zero-order valence-electron chi connectivity index (χ0n) is 11.5. The highest BCUT2D eigenvalue weighted by molar-refractivity contribution is 5.78. The van der Waals surface area contributed by atoms with Crippen molar-refractivity contribution >= 4 is 5.91 Å². The maximum atomic E-state index is 11.9. The number of piperazine rings is 1. The van der Waals surface area contributed by atoms with Crippen molar-refractivity contribution in [3.8, 4) is 0 Å². The molecule has 1 rings (SSSR count). The lowest BCUT2D eigenvalue weighted by molar-refractivity contribution is -0.132. The molecule has 100 valence electrons. The van der Waals surface area contributed by atoms with Gasteiger partial charge in [0.05, 0.1) is 6.54 Å². The van der Waals surface area contributed by atoms with Crippen molar-refractivity contribution in [2.24, 2.45) is 0 Å². The Morgan fingerprint density at radius 3 is 2.41 bits per heavy atom. The van der Waals surface area contributed by atoms with Crippen LogP contribution in [0.3, 0.4) is 0 Å². The van der Waals surface area contributed by atoms with Gasteiger partial charge in [-0.3, -0.25) is 9.69 Å². The predicted molar refractivity (Wildman–Crippen MR) is 71.1 cm³/mol. The largest absolute Gasteiger partial charge is 0.339 e. The minimum atomic E-state index is 0.252. The maximum absolute atomic E-state index is 11.9. The molecular formula is C13H27N3O. The monoisotopic (exact) mass is 241 g/mol. The van der Waals surface area contributed by atoms with E-state index in [4.69, 9.17) is 0 Å². The summed E-state index contributed by atoms with van der Waals surface area (Å²) < 4.78 is 0. The molecule has 1 aliphatic heterocycles. The predicted octanol–water partition coefficient (Wildman–Crippen LogP) is 0.929. The van der Waals surface area contributed by atoms with Gasteiger partial charge in [-0.15, -0.1) is 0 Å². The van der Waals surface area contributed by atoms with Crippen molar-refractivity contribution in [1.82, 2.24) is 15.1 Å². The summed E-state index contributed by atoms with van der Waals surface area (Å²) in [6.07, 6.45) is 2.26. The Morgan fingerprint density at radius 1 is 1.24 bits per heavy atom. The Kier molecular flexibility index (Phi) is 6.52. The number of amides is 1. The van der Waals surface area contributed by atoms with Crippen LogP contribution in [0.2, 0.25) is 0 Å². The molecule has 0 aromatic carbocycles. The number of rotatable bonds is 6. The van der Waals surface area contributed by atoms with E-state index in [0.717, 1.165) is 39.1 Å². The molecule has 17 heavy (non-hydrogen) atoms. The Labute approximate surface area is 105 Å². The van der Waals surface area contributed by atoms with Gasteiger partial charge in [-0.05, 0) is 26.3 Å². The molecule has 1 N–H and O–H groups in total. The molecule has 0 aromatic rings. The summed E-state index contributed by atoms with van der Waals surface area (Å²) in [4.78, 5) is 16.3. The average molecular weight is 241 g/mol. The van der Waals surface area contributed by atoms with Crippen molar-refractivity contribution in [2.45, 2.75) is 39.7 Å². The number of hydrogen-bond donors (Lipinski definition) is 1. The van der Waals surface area contributed by atoms with E-state index in [9.17, 15) is 4.79 Å². The summed E-state index contributed by atoms with van der Waals surface area (Å²) in [5, 5.41) is 3.17. The lowest BCUT2D eigenvalue weighted by Gasteiger charge is -2.37. The molecule has 0 aromatic heterocycles. The molecule has 0 radical (unpaired) electrons. The molecular weight excluding hydrogens is 214 g/mol. The normalized spacial score (nSPS) is 19.4. The van der Waals surface area contributed by atoms with Gasteiger partial charge in [0.25, 0.3) is 0 Å². The van der Waals surface area contributed by atoms with E-state index in [0.29, 0.717) is 12.6 Å². The third-order valence-electron chi connectivity index (χ3n) is 3.58. The van der Waals surface area contributed by atoms with Crippen LogP contribution in [0.15, 0.2) is 0 Å². The van der Waals surface area contributed by atoms with Crippen LogP contribution >= 0.6 is 0 Å². The van der Waals surface area contributed by atoms with E-state index in [-0.39, 0.29) is 5.91 Å². The topological polar surface area (TPSA) is 35.6 Å². The number of nitrogens with zero attached hydrogens (tertiary/aromatic N) is 2. The van der Waals surface area contributed by atoms with E-state index in [1.807, 2.05) is 4.90 Å². The Hall–Kier alpha value is -0.610. The molecule has 1 saturated heterocycles. The van der Waals surface area contributed by atoms with Gasteiger partial charge in [0, 0.05) is 32.2 Å². The van der Waals surface area contributed by atoms with Crippen LogP contribution < -0.4 is 5.32 Å². The molecule has 0 saturated carbocycles. The van der Waals surface area contributed by atoms with Crippen LogP contribution in [0.1, 0.15) is 33.6 Å². The molecule has 1 amide bonds. The van der Waals surface area contributed by atoms with E-state index < -0.39 is 0 Å². The van der Waals surface area contributed by atoms with Gasteiger partial charge >= 0.3 is 0 Å². The smallest absolute Gasteiger partial charge is 0.236 e. The first-order chi connectivity index (χ1) is 8.19. The van der Waals surface area contributed by atoms with Crippen LogP contribution in [-0.4, -0.2) is 61.0 Å². The van der Waals surface area contributed by atoms with Gasteiger partial charge in [-0.1, -0.05) is 13.8 Å². The third-order valence-corrected chi connectivity index (χ3v) is 3.58. The van der Waals surface area contributed by atoms with Gasteiger partial charge in [0.15, 0.2) is 0 Å². The number of nitrogens with one attached hydrogen (secondary N) is 1.